The molecule has 1 aliphatic heterocycles. The number of rotatable bonds is 7. The molecule has 4 rings (SSSR count). The SMILES string of the molecule is CN(Cc1ccncc1)C[C@H]1C[C@H](c2ccc(CN3CCCC3)cc2)C1. The minimum atomic E-state index is 0.773. The molecule has 2 aromatic rings. The standard InChI is InChI=1S/C23H31N3/c1-25(16-20-8-10-24-11-9-20)17-21-14-23(15-21)22-6-4-19(5-7-22)18-26-12-2-3-13-26/h4-11,21,23H,2-3,12-18H2,1H3/t21-,23-. The molecule has 0 atom stereocenters. The summed E-state index contributed by atoms with van der Waals surface area (Å²) < 4.78 is 0. The third-order valence-electron chi connectivity index (χ3n) is 6.06. The highest BCUT2D eigenvalue weighted by Gasteiger charge is 2.30. The van der Waals surface area contributed by atoms with E-state index in [9.17, 15) is 0 Å². The zero-order valence-electron chi connectivity index (χ0n) is 16.0. The maximum absolute atomic E-state index is 4.10. The second kappa shape index (κ2) is 8.32. The van der Waals surface area contributed by atoms with Crippen LogP contribution in [0.4, 0.5) is 0 Å². The van der Waals surface area contributed by atoms with E-state index in [2.05, 4.69) is 58.2 Å². The Bertz CT molecular complexity index is 670. The van der Waals surface area contributed by atoms with Crippen molar-refractivity contribution in [2.45, 2.75) is 44.7 Å². The van der Waals surface area contributed by atoms with Crippen LogP contribution in [0.25, 0.3) is 0 Å². The average Bonchev–Trinajstić information content (AvgIpc) is 3.13. The van der Waals surface area contributed by atoms with Gasteiger partial charge in [0.15, 0.2) is 0 Å². The zero-order chi connectivity index (χ0) is 17.8. The molecule has 1 aromatic carbocycles. The van der Waals surface area contributed by atoms with Gasteiger partial charge in [0.1, 0.15) is 0 Å². The van der Waals surface area contributed by atoms with Crippen molar-refractivity contribution in [2.24, 2.45) is 5.92 Å². The van der Waals surface area contributed by atoms with Crippen molar-refractivity contribution in [3.63, 3.8) is 0 Å². The van der Waals surface area contributed by atoms with Crippen molar-refractivity contribution in [3.05, 3.63) is 65.5 Å². The monoisotopic (exact) mass is 349 g/mol. The molecule has 3 nitrogen and oxygen atoms in total. The van der Waals surface area contributed by atoms with Gasteiger partial charge in [0.25, 0.3) is 0 Å². The molecule has 0 spiro atoms. The first-order chi connectivity index (χ1) is 12.8. The second-order valence-electron chi connectivity index (χ2n) is 8.31. The van der Waals surface area contributed by atoms with Crippen molar-refractivity contribution in [2.75, 3.05) is 26.7 Å². The fourth-order valence-electron chi connectivity index (χ4n) is 4.56. The van der Waals surface area contributed by atoms with Crippen molar-refractivity contribution < 1.29 is 0 Å². The third kappa shape index (κ3) is 4.52. The molecule has 26 heavy (non-hydrogen) atoms. The second-order valence-corrected chi connectivity index (χ2v) is 8.31. The zero-order valence-corrected chi connectivity index (χ0v) is 16.0. The lowest BCUT2D eigenvalue weighted by molar-refractivity contribution is 0.176. The van der Waals surface area contributed by atoms with Crippen molar-refractivity contribution in [1.29, 1.82) is 0 Å². The van der Waals surface area contributed by atoms with Gasteiger partial charge in [-0.3, -0.25) is 9.88 Å². The smallest absolute Gasteiger partial charge is 0.0271 e. The normalized spacial score (nSPS) is 23.3. The number of benzene rings is 1. The first-order valence-electron chi connectivity index (χ1n) is 10.1. The molecule has 0 N–H and O–H groups in total. The molecule has 1 aromatic heterocycles. The van der Waals surface area contributed by atoms with E-state index < -0.39 is 0 Å². The summed E-state index contributed by atoms with van der Waals surface area (Å²) >= 11 is 0. The Morgan fingerprint density at radius 2 is 1.65 bits per heavy atom. The summed E-state index contributed by atoms with van der Waals surface area (Å²) in [5.74, 6) is 1.62. The van der Waals surface area contributed by atoms with Gasteiger partial charge < -0.3 is 4.90 Å². The molecule has 2 heterocycles. The van der Waals surface area contributed by atoms with E-state index in [4.69, 9.17) is 0 Å². The van der Waals surface area contributed by atoms with E-state index in [-0.39, 0.29) is 0 Å². The lowest BCUT2D eigenvalue weighted by Crippen LogP contribution is -2.33. The number of pyridine rings is 1. The number of hydrogen-bond acceptors (Lipinski definition) is 3. The van der Waals surface area contributed by atoms with Gasteiger partial charge in [-0.15, -0.1) is 0 Å². The number of hydrogen-bond donors (Lipinski definition) is 0. The first-order valence-corrected chi connectivity index (χ1v) is 10.1. The van der Waals surface area contributed by atoms with E-state index in [0.717, 1.165) is 24.9 Å². The Labute approximate surface area is 158 Å². The molecule has 1 saturated heterocycles. The van der Waals surface area contributed by atoms with Crippen LogP contribution < -0.4 is 0 Å². The van der Waals surface area contributed by atoms with Crippen LogP contribution in [-0.2, 0) is 13.1 Å². The molecule has 3 heteroatoms. The highest BCUT2D eigenvalue weighted by molar-refractivity contribution is 5.27. The molecule has 2 aliphatic rings. The van der Waals surface area contributed by atoms with Crippen LogP contribution >= 0.6 is 0 Å². The molecule has 138 valence electrons. The van der Waals surface area contributed by atoms with E-state index in [1.165, 1.54) is 56.4 Å². The van der Waals surface area contributed by atoms with Crippen LogP contribution in [0.2, 0.25) is 0 Å². The van der Waals surface area contributed by atoms with Gasteiger partial charge in [-0.25, -0.2) is 0 Å². The van der Waals surface area contributed by atoms with Gasteiger partial charge in [-0.2, -0.15) is 0 Å². The van der Waals surface area contributed by atoms with Crippen molar-refractivity contribution in [1.82, 2.24) is 14.8 Å². The van der Waals surface area contributed by atoms with Crippen LogP contribution in [0, 0.1) is 5.92 Å². The Balaban J connectivity index is 1.21. The lowest BCUT2D eigenvalue weighted by Gasteiger charge is -2.38. The minimum Gasteiger partial charge on any atom is -0.302 e. The Hall–Kier alpha value is -1.71. The molecule has 0 radical (unpaired) electrons. The van der Waals surface area contributed by atoms with Gasteiger partial charge in [0, 0.05) is 32.0 Å². The first kappa shape index (κ1) is 17.7. The van der Waals surface area contributed by atoms with Crippen LogP contribution in [0.3, 0.4) is 0 Å². The summed E-state index contributed by atoms with van der Waals surface area (Å²) in [5.41, 5.74) is 4.37. The molecule has 2 fully saturated rings. The summed E-state index contributed by atoms with van der Waals surface area (Å²) in [4.78, 5) is 9.13. The van der Waals surface area contributed by atoms with Crippen molar-refractivity contribution >= 4 is 0 Å². The van der Waals surface area contributed by atoms with E-state index in [0.29, 0.717) is 0 Å². The Morgan fingerprint density at radius 3 is 2.35 bits per heavy atom. The molecule has 0 amide bonds. The summed E-state index contributed by atoms with van der Waals surface area (Å²) in [5, 5.41) is 0. The fraction of sp³-hybridized carbons (Fsp3) is 0.522. The lowest BCUT2D eigenvalue weighted by atomic mass is 9.71. The van der Waals surface area contributed by atoms with Gasteiger partial charge in [0.2, 0.25) is 0 Å². The van der Waals surface area contributed by atoms with Crippen molar-refractivity contribution in [3.8, 4) is 0 Å². The average molecular weight is 350 g/mol. The van der Waals surface area contributed by atoms with Crippen LogP contribution in [-0.4, -0.2) is 41.5 Å². The predicted octanol–water partition coefficient (Wildman–Crippen LogP) is 4.30. The number of aromatic nitrogens is 1. The molecule has 0 bridgehead atoms. The summed E-state index contributed by atoms with van der Waals surface area (Å²) in [6, 6.07) is 13.7. The predicted molar refractivity (Wildman–Crippen MR) is 107 cm³/mol. The van der Waals surface area contributed by atoms with Gasteiger partial charge in [0.05, 0.1) is 0 Å². The number of likely N-dealkylation sites (tertiary alicyclic amines) is 1. The summed E-state index contributed by atoms with van der Waals surface area (Å²) in [6.07, 6.45) is 9.19. The minimum absolute atomic E-state index is 0.773. The van der Waals surface area contributed by atoms with E-state index >= 15 is 0 Å². The van der Waals surface area contributed by atoms with Gasteiger partial charge in [-0.05, 0) is 86.5 Å². The molecule has 0 unspecified atom stereocenters. The quantitative estimate of drug-likeness (QED) is 0.743. The summed E-state index contributed by atoms with van der Waals surface area (Å²) in [6.45, 7) is 5.91. The largest absolute Gasteiger partial charge is 0.302 e. The highest BCUT2D eigenvalue weighted by atomic mass is 15.1. The summed E-state index contributed by atoms with van der Waals surface area (Å²) in [7, 11) is 2.24. The Morgan fingerprint density at radius 1 is 0.962 bits per heavy atom. The number of nitrogens with zero attached hydrogens (tertiary/aromatic N) is 3. The maximum atomic E-state index is 4.10. The molecular weight excluding hydrogens is 318 g/mol. The van der Waals surface area contributed by atoms with Crippen LogP contribution in [0.5, 0.6) is 0 Å². The molecule has 1 aliphatic carbocycles. The van der Waals surface area contributed by atoms with Crippen LogP contribution in [0.1, 0.15) is 48.3 Å². The van der Waals surface area contributed by atoms with E-state index in [1.807, 2.05) is 12.4 Å². The maximum Gasteiger partial charge on any atom is 0.0271 e. The Kier molecular flexibility index (Phi) is 5.66. The highest BCUT2D eigenvalue weighted by Crippen LogP contribution is 2.42. The third-order valence-corrected chi connectivity index (χ3v) is 6.06. The van der Waals surface area contributed by atoms with Gasteiger partial charge in [-0.1, -0.05) is 24.3 Å². The fourth-order valence-corrected chi connectivity index (χ4v) is 4.56. The topological polar surface area (TPSA) is 19.4 Å². The molecular formula is C23H31N3. The molecule has 1 saturated carbocycles. The van der Waals surface area contributed by atoms with E-state index in [1.54, 1.807) is 5.56 Å². The van der Waals surface area contributed by atoms with Gasteiger partial charge >= 0.3 is 0 Å². The van der Waals surface area contributed by atoms with Crippen LogP contribution in [0.15, 0.2) is 48.8 Å².